The third kappa shape index (κ3) is 4.23. The Hall–Kier alpha value is -1.60. The van der Waals surface area contributed by atoms with Crippen LogP contribution in [-0.4, -0.2) is 51.7 Å². The first-order valence-corrected chi connectivity index (χ1v) is 13.0. The van der Waals surface area contributed by atoms with Crippen molar-refractivity contribution in [1.29, 1.82) is 0 Å². The maximum atomic E-state index is 11.4. The Morgan fingerprint density at radius 3 is 2.71 bits per heavy atom. The van der Waals surface area contributed by atoms with Crippen molar-refractivity contribution < 1.29 is 13.5 Å². The van der Waals surface area contributed by atoms with Crippen LogP contribution in [-0.2, 0) is 4.18 Å². The van der Waals surface area contributed by atoms with Gasteiger partial charge in [-0.05, 0) is 81.8 Å². The third-order valence-electron chi connectivity index (χ3n) is 7.22. The third-order valence-corrected chi connectivity index (χ3v) is 10.1. The molecule has 1 aromatic carbocycles. The molecule has 3 saturated heterocycles. The van der Waals surface area contributed by atoms with Gasteiger partial charge in [0.15, 0.2) is 0 Å². The molecule has 6 heteroatoms. The summed E-state index contributed by atoms with van der Waals surface area (Å²) >= 11 is 0. The van der Waals surface area contributed by atoms with E-state index in [2.05, 4.69) is 28.6 Å². The second kappa shape index (κ2) is 8.39. The molecular formula is C25H36N2O3S. The normalized spacial score (nSPS) is 29.9. The second-order valence-electron chi connectivity index (χ2n) is 9.96. The van der Waals surface area contributed by atoms with Crippen molar-refractivity contribution in [2.75, 3.05) is 26.5 Å². The zero-order valence-electron chi connectivity index (χ0n) is 19.4. The van der Waals surface area contributed by atoms with Gasteiger partial charge in [0.2, 0.25) is 0 Å². The highest BCUT2D eigenvalue weighted by atomic mass is 32.3. The lowest BCUT2D eigenvalue weighted by atomic mass is 9.73. The highest BCUT2D eigenvalue weighted by molar-refractivity contribution is 8.25. The molecule has 3 aliphatic rings. The van der Waals surface area contributed by atoms with Gasteiger partial charge in [-0.1, -0.05) is 6.08 Å². The van der Waals surface area contributed by atoms with Gasteiger partial charge in [0, 0.05) is 30.4 Å². The van der Waals surface area contributed by atoms with Crippen molar-refractivity contribution in [3.05, 3.63) is 48.7 Å². The van der Waals surface area contributed by atoms with Crippen LogP contribution in [0.1, 0.15) is 45.3 Å². The number of methoxy groups -OCH3 is 1. The second-order valence-corrected chi connectivity index (χ2v) is 13.0. The van der Waals surface area contributed by atoms with Crippen LogP contribution in [0.2, 0.25) is 0 Å². The van der Waals surface area contributed by atoms with Crippen LogP contribution in [0.4, 0.5) is 0 Å². The van der Waals surface area contributed by atoms with Crippen LogP contribution in [0.5, 0.6) is 5.75 Å². The van der Waals surface area contributed by atoms with Gasteiger partial charge in [0.05, 0.1) is 17.4 Å². The first kappa shape index (κ1) is 22.6. The summed E-state index contributed by atoms with van der Waals surface area (Å²) in [7, 11) is -0.632. The Bertz CT molecular complexity index is 955. The monoisotopic (exact) mass is 444 g/mol. The Balaban J connectivity index is 1.81. The molecule has 5 unspecified atom stereocenters. The smallest absolute Gasteiger partial charge is 0.123 e. The molecule has 170 valence electrons. The summed E-state index contributed by atoms with van der Waals surface area (Å²) in [6.07, 6.45) is 7.85. The molecule has 31 heavy (non-hydrogen) atoms. The molecule has 1 N–H and O–H groups in total. The predicted molar refractivity (Wildman–Crippen MR) is 130 cm³/mol. The van der Waals surface area contributed by atoms with Gasteiger partial charge in [0.1, 0.15) is 11.9 Å². The Labute approximate surface area is 188 Å². The van der Waals surface area contributed by atoms with Gasteiger partial charge in [0.25, 0.3) is 0 Å². The Kier molecular flexibility index (Phi) is 6.12. The molecule has 0 spiro atoms. The predicted octanol–water partition coefficient (Wildman–Crippen LogP) is 5.82. The summed E-state index contributed by atoms with van der Waals surface area (Å²) < 4.78 is 23.3. The van der Waals surface area contributed by atoms with Gasteiger partial charge in [-0.2, -0.15) is 10.6 Å². The van der Waals surface area contributed by atoms with E-state index >= 15 is 0 Å². The fourth-order valence-electron chi connectivity index (χ4n) is 4.88. The highest BCUT2D eigenvalue weighted by Crippen LogP contribution is 2.58. The van der Waals surface area contributed by atoms with Crippen LogP contribution >= 0.6 is 10.6 Å². The van der Waals surface area contributed by atoms with Gasteiger partial charge in [-0.3, -0.25) is 18.6 Å². The quantitative estimate of drug-likeness (QED) is 0.569. The van der Waals surface area contributed by atoms with E-state index < -0.39 is 10.6 Å². The molecule has 5 rings (SSSR count). The molecule has 0 amide bonds. The van der Waals surface area contributed by atoms with E-state index in [0.717, 1.165) is 41.7 Å². The number of hydrogen-bond acceptors (Lipinski definition) is 5. The fourth-order valence-corrected chi connectivity index (χ4v) is 5.81. The average molecular weight is 445 g/mol. The summed E-state index contributed by atoms with van der Waals surface area (Å²) in [5.41, 5.74) is 1.99. The zero-order valence-corrected chi connectivity index (χ0v) is 20.2. The number of hydrogen-bond donors (Lipinski definition) is 1. The molecule has 6 atom stereocenters. The van der Waals surface area contributed by atoms with Crippen LogP contribution < -0.4 is 4.74 Å². The van der Waals surface area contributed by atoms with Crippen molar-refractivity contribution in [3.63, 3.8) is 0 Å². The first-order valence-electron chi connectivity index (χ1n) is 11.1. The summed E-state index contributed by atoms with van der Waals surface area (Å²) in [5, 5.41) is 1.03. The molecule has 3 fully saturated rings. The number of benzene rings is 1. The van der Waals surface area contributed by atoms with Gasteiger partial charge in [-0.15, -0.1) is 6.58 Å². The summed E-state index contributed by atoms with van der Waals surface area (Å²) in [5.74, 6) is 1.96. The number of ether oxygens (including phenoxy) is 1. The number of aromatic nitrogens is 1. The minimum atomic E-state index is -2.31. The minimum Gasteiger partial charge on any atom is -0.497 e. The molecule has 0 radical (unpaired) electrons. The maximum absolute atomic E-state index is 11.4. The van der Waals surface area contributed by atoms with Crippen molar-refractivity contribution in [2.24, 2.45) is 11.8 Å². The first-order chi connectivity index (χ1) is 14.6. The fraction of sp³-hybridized carbons (Fsp3) is 0.560. The Morgan fingerprint density at radius 1 is 1.32 bits per heavy atom. The van der Waals surface area contributed by atoms with E-state index in [1.54, 1.807) is 7.11 Å². The number of piperidine rings is 3. The molecule has 1 aromatic heterocycles. The number of nitrogens with zero attached hydrogens (tertiary/aromatic N) is 2. The Morgan fingerprint density at radius 2 is 2.10 bits per heavy atom. The van der Waals surface area contributed by atoms with Crippen LogP contribution in [0, 0.1) is 11.8 Å². The van der Waals surface area contributed by atoms with E-state index in [4.69, 9.17) is 8.92 Å². The standard InChI is InChI=1S/C25H36N2O3S/c1-7-17-16-27-13-11-18(17)14-23(27)24(30-31(6,28)25(2,3)4)20-10-12-26-22-9-8-19(29-5)15-21(20)22/h7-10,12,15,17-18,23-24,28H,1,11,13-14,16H2,2-6H3/t17?,18?,23?,24-/m1/s1. The molecule has 2 aromatic rings. The van der Waals surface area contributed by atoms with Crippen molar-refractivity contribution in [3.8, 4) is 5.75 Å². The largest absolute Gasteiger partial charge is 0.497 e. The lowest BCUT2D eigenvalue weighted by Crippen LogP contribution is -2.55. The molecule has 4 heterocycles. The topological polar surface area (TPSA) is 54.8 Å². The SMILES string of the molecule is C=CC1CN2CCC1CC2[C@H](OS(C)(O)C(C)(C)C)c1ccnc2ccc(OC)cc12. The summed E-state index contributed by atoms with van der Waals surface area (Å²) in [4.78, 5) is 7.11. The molecular weight excluding hydrogens is 408 g/mol. The van der Waals surface area contributed by atoms with E-state index in [1.165, 1.54) is 6.42 Å². The van der Waals surface area contributed by atoms with E-state index in [1.807, 2.05) is 51.4 Å². The molecule has 0 saturated carbocycles. The van der Waals surface area contributed by atoms with Crippen molar-refractivity contribution in [1.82, 2.24) is 9.88 Å². The lowest BCUT2D eigenvalue weighted by molar-refractivity contribution is -0.0347. The maximum Gasteiger partial charge on any atom is 0.123 e. The minimum absolute atomic E-state index is 0.216. The highest BCUT2D eigenvalue weighted by Gasteiger charge is 2.45. The molecule has 5 nitrogen and oxygen atoms in total. The van der Waals surface area contributed by atoms with E-state index in [-0.39, 0.29) is 16.9 Å². The number of fused-ring (bicyclic) bond motifs is 4. The van der Waals surface area contributed by atoms with E-state index in [0.29, 0.717) is 11.8 Å². The molecule has 2 bridgehead atoms. The molecule has 0 aliphatic carbocycles. The van der Waals surface area contributed by atoms with Gasteiger partial charge in [-0.25, -0.2) is 0 Å². The van der Waals surface area contributed by atoms with Crippen LogP contribution in [0.25, 0.3) is 10.9 Å². The van der Waals surface area contributed by atoms with Crippen molar-refractivity contribution >= 4 is 21.5 Å². The van der Waals surface area contributed by atoms with E-state index in [9.17, 15) is 4.55 Å². The molecule has 3 aliphatic heterocycles. The number of rotatable bonds is 6. The van der Waals surface area contributed by atoms with Crippen molar-refractivity contribution in [2.45, 2.75) is 50.5 Å². The van der Waals surface area contributed by atoms with Crippen LogP contribution in [0.15, 0.2) is 43.1 Å². The summed E-state index contributed by atoms with van der Waals surface area (Å²) in [6, 6.07) is 8.24. The zero-order chi connectivity index (χ0) is 22.4. The summed E-state index contributed by atoms with van der Waals surface area (Å²) in [6.45, 7) is 12.3. The average Bonchev–Trinajstić information content (AvgIpc) is 2.76. The van der Waals surface area contributed by atoms with Gasteiger partial charge < -0.3 is 4.74 Å². The van der Waals surface area contributed by atoms with Gasteiger partial charge >= 0.3 is 0 Å². The van der Waals surface area contributed by atoms with Crippen LogP contribution in [0.3, 0.4) is 0 Å². The lowest BCUT2D eigenvalue weighted by Gasteiger charge is -2.54. The number of pyridine rings is 1.